The lowest BCUT2D eigenvalue weighted by Crippen LogP contribution is -2.42. The third-order valence-electron chi connectivity index (χ3n) is 6.80. The minimum Gasteiger partial charge on any atom is -0.478 e. The van der Waals surface area contributed by atoms with Gasteiger partial charge in [0.05, 0.1) is 10.5 Å². The molecule has 0 aliphatic heterocycles. The first kappa shape index (κ1) is 32.6. The minimum atomic E-state index is -3.74. The molecular formula is C34H42N2O5S. The van der Waals surface area contributed by atoms with Gasteiger partial charge in [-0.3, -0.25) is 0 Å². The predicted molar refractivity (Wildman–Crippen MR) is 169 cm³/mol. The Labute approximate surface area is 250 Å². The van der Waals surface area contributed by atoms with E-state index in [1.807, 2.05) is 68.6 Å². The lowest BCUT2D eigenvalue weighted by molar-refractivity contribution is 0.0697. The Morgan fingerprint density at radius 3 is 2.43 bits per heavy atom. The minimum absolute atomic E-state index is 0.194. The zero-order valence-electron chi connectivity index (χ0n) is 24.7. The molecule has 2 aromatic rings. The van der Waals surface area contributed by atoms with E-state index in [-0.39, 0.29) is 16.5 Å². The second-order valence-electron chi connectivity index (χ2n) is 10.1. The van der Waals surface area contributed by atoms with E-state index in [1.54, 1.807) is 24.3 Å². The summed E-state index contributed by atoms with van der Waals surface area (Å²) >= 11 is 0. The van der Waals surface area contributed by atoms with Gasteiger partial charge in [-0.15, -0.1) is 0 Å². The lowest BCUT2D eigenvalue weighted by atomic mass is 10.0. The van der Waals surface area contributed by atoms with Gasteiger partial charge in [0.25, 0.3) is 0 Å². The highest BCUT2D eigenvalue weighted by molar-refractivity contribution is 7.89. The molecule has 7 nitrogen and oxygen atoms in total. The monoisotopic (exact) mass is 590 g/mol. The number of benzene rings is 2. The van der Waals surface area contributed by atoms with Crippen molar-refractivity contribution in [1.29, 1.82) is 0 Å². The topological polar surface area (TPSA) is 95.9 Å². The zero-order chi connectivity index (χ0) is 30.4. The quantitative estimate of drug-likeness (QED) is 0.204. The van der Waals surface area contributed by atoms with Crippen LogP contribution >= 0.6 is 0 Å². The average molecular weight is 591 g/mol. The molecule has 3 rings (SSSR count). The van der Waals surface area contributed by atoms with Crippen LogP contribution < -0.4 is 9.46 Å². The van der Waals surface area contributed by atoms with E-state index in [2.05, 4.69) is 22.6 Å². The Hall–Kier alpha value is -3.88. The Kier molecular flexibility index (Phi) is 12.8. The molecule has 1 atom stereocenters. The molecule has 224 valence electrons. The van der Waals surface area contributed by atoms with Crippen molar-refractivity contribution in [1.82, 2.24) is 9.62 Å². The number of nitrogens with one attached hydrogen (secondary N) is 1. The molecule has 0 saturated carbocycles. The number of ether oxygens (including phenoxy) is 1. The van der Waals surface area contributed by atoms with Crippen molar-refractivity contribution in [3.05, 3.63) is 120 Å². The maximum absolute atomic E-state index is 13.5. The van der Waals surface area contributed by atoms with E-state index in [0.29, 0.717) is 30.9 Å². The third kappa shape index (κ3) is 10.5. The SMILES string of the molecule is C/C=C/C=C/N(CCCC)CC(CC1=CCC=C(Oc2ccc(C(=O)O)cc2)C=C1)NS(=O)(=O)c1ccc(CC)cc1. The molecule has 0 bridgehead atoms. The van der Waals surface area contributed by atoms with E-state index in [9.17, 15) is 13.2 Å². The zero-order valence-corrected chi connectivity index (χ0v) is 25.5. The standard InChI is InChI=1S/C34H42N2O5S/c1-4-7-9-24-36(23-8-5-2)26-30(35-42(39,40)33-21-14-27(6-3)15-22-33)25-28-11-10-12-31(18-13-28)41-32-19-16-29(17-20-32)34(37)38/h4,7,9,11-22,24,30,35H,5-6,8,10,23,25-26H2,1-3H3,(H,37,38)/b7-4+,24-9+. The van der Waals surface area contributed by atoms with Gasteiger partial charge in [0, 0.05) is 19.1 Å². The molecule has 0 radical (unpaired) electrons. The van der Waals surface area contributed by atoms with Crippen LogP contribution in [0.25, 0.3) is 0 Å². The van der Waals surface area contributed by atoms with Crippen LogP contribution in [-0.2, 0) is 16.4 Å². The van der Waals surface area contributed by atoms with Crippen molar-refractivity contribution in [2.24, 2.45) is 0 Å². The fourth-order valence-electron chi connectivity index (χ4n) is 4.45. The van der Waals surface area contributed by atoms with E-state index < -0.39 is 16.0 Å². The van der Waals surface area contributed by atoms with Crippen molar-refractivity contribution in [2.75, 3.05) is 13.1 Å². The van der Waals surface area contributed by atoms with Crippen molar-refractivity contribution in [3.63, 3.8) is 0 Å². The highest BCUT2D eigenvalue weighted by atomic mass is 32.2. The van der Waals surface area contributed by atoms with Crippen molar-refractivity contribution in [3.8, 4) is 5.75 Å². The van der Waals surface area contributed by atoms with Crippen LogP contribution in [0, 0.1) is 0 Å². The molecule has 1 aliphatic carbocycles. The molecular weight excluding hydrogens is 548 g/mol. The number of aromatic carboxylic acids is 1. The predicted octanol–water partition coefficient (Wildman–Crippen LogP) is 7.03. The second kappa shape index (κ2) is 16.5. The number of nitrogens with zero attached hydrogens (tertiary/aromatic N) is 1. The molecule has 1 aliphatic rings. The van der Waals surface area contributed by atoms with E-state index in [4.69, 9.17) is 9.84 Å². The fraction of sp³-hybridized carbons (Fsp3) is 0.324. The summed E-state index contributed by atoms with van der Waals surface area (Å²) in [4.78, 5) is 13.6. The summed E-state index contributed by atoms with van der Waals surface area (Å²) in [5.41, 5.74) is 2.27. The third-order valence-corrected chi connectivity index (χ3v) is 8.33. The first-order valence-corrected chi connectivity index (χ1v) is 16.0. The smallest absolute Gasteiger partial charge is 0.335 e. The van der Waals surface area contributed by atoms with Crippen LogP contribution in [0.2, 0.25) is 0 Å². The van der Waals surface area contributed by atoms with Crippen LogP contribution in [0.4, 0.5) is 0 Å². The molecule has 0 heterocycles. The van der Waals surface area contributed by atoms with Gasteiger partial charge >= 0.3 is 5.97 Å². The Morgan fingerprint density at radius 1 is 1.05 bits per heavy atom. The highest BCUT2D eigenvalue weighted by Gasteiger charge is 2.22. The summed E-state index contributed by atoms with van der Waals surface area (Å²) < 4.78 is 35.9. The number of carbonyl (C=O) groups is 1. The molecule has 1 unspecified atom stereocenters. The molecule has 0 amide bonds. The summed E-state index contributed by atoms with van der Waals surface area (Å²) in [6.45, 7) is 7.48. The normalized spacial score (nSPS) is 14.5. The van der Waals surface area contributed by atoms with Crippen LogP contribution in [0.15, 0.2) is 113 Å². The van der Waals surface area contributed by atoms with Gasteiger partial charge < -0.3 is 14.7 Å². The van der Waals surface area contributed by atoms with Crippen LogP contribution in [-0.4, -0.2) is 43.5 Å². The van der Waals surface area contributed by atoms with Gasteiger partial charge in [-0.05, 0) is 105 Å². The number of hydrogen-bond donors (Lipinski definition) is 2. The van der Waals surface area contributed by atoms with Crippen molar-refractivity contribution >= 4 is 16.0 Å². The molecule has 0 aromatic heterocycles. The summed E-state index contributed by atoms with van der Waals surface area (Å²) in [6.07, 6.45) is 19.7. The molecule has 0 saturated heterocycles. The summed E-state index contributed by atoms with van der Waals surface area (Å²) in [5.74, 6) is 0.188. The second-order valence-corrected chi connectivity index (χ2v) is 11.8. The molecule has 42 heavy (non-hydrogen) atoms. The number of unbranched alkanes of at least 4 members (excludes halogenated alkanes) is 1. The number of rotatable bonds is 16. The summed E-state index contributed by atoms with van der Waals surface area (Å²) in [6, 6.07) is 12.9. The van der Waals surface area contributed by atoms with Gasteiger partial charge in [0.1, 0.15) is 11.5 Å². The van der Waals surface area contributed by atoms with E-state index >= 15 is 0 Å². The number of aryl methyl sites for hydroxylation is 1. The van der Waals surface area contributed by atoms with Gasteiger partial charge in [0.15, 0.2) is 0 Å². The fourth-order valence-corrected chi connectivity index (χ4v) is 5.68. The van der Waals surface area contributed by atoms with E-state index in [0.717, 1.165) is 36.9 Å². The maximum atomic E-state index is 13.5. The Bertz CT molecular complexity index is 1420. The molecule has 2 aromatic carbocycles. The van der Waals surface area contributed by atoms with Crippen LogP contribution in [0.1, 0.15) is 62.4 Å². The van der Waals surface area contributed by atoms with Gasteiger partial charge in [-0.2, -0.15) is 0 Å². The molecule has 0 spiro atoms. The lowest BCUT2D eigenvalue weighted by Gasteiger charge is -2.27. The number of allylic oxidation sites excluding steroid dienone is 7. The molecule has 2 N–H and O–H groups in total. The summed E-state index contributed by atoms with van der Waals surface area (Å²) in [5, 5.41) is 9.12. The number of hydrogen-bond acceptors (Lipinski definition) is 5. The van der Waals surface area contributed by atoms with E-state index in [1.165, 1.54) is 12.1 Å². The Balaban J connectivity index is 1.79. The Morgan fingerprint density at radius 2 is 1.79 bits per heavy atom. The first-order valence-electron chi connectivity index (χ1n) is 14.5. The molecule has 0 fully saturated rings. The number of sulfonamides is 1. The molecule has 8 heteroatoms. The van der Waals surface area contributed by atoms with Gasteiger partial charge in [-0.1, -0.05) is 56.7 Å². The number of carboxylic acids is 1. The summed E-state index contributed by atoms with van der Waals surface area (Å²) in [7, 11) is -3.74. The van der Waals surface area contributed by atoms with Crippen molar-refractivity contribution in [2.45, 2.75) is 63.8 Å². The maximum Gasteiger partial charge on any atom is 0.335 e. The average Bonchev–Trinajstić information content (AvgIpc) is 3.20. The highest BCUT2D eigenvalue weighted by Crippen LogP contribution is 2.22. The number of carboxylic acid groups (broad SMARTS) is 1. The first-order chi connectivity index (χ1) is 20.2. The van der Waals surface area contributed by atoms with Crippen LogP contribution in [0.3, 0.4) is 0 Å². The van der Waals surface area contributed by atoms with Gasteiger partial charge in [0.2, 0.25) is 10.0 Å². The van der Waals surface area contributed by atoms with Gasteiger partial charge in [-0.25, -0.2) is 17.9 Å². The largest absolute Gasteiger partial charge is 0.478 e. The van der Waals surface area contributed by atoms with Crippen molar-refractivity contribution < 1.29 is 23.1 Å². The van der Waals surface area contributed by atoms with Crippen LogP contribution in [0.5, 0.6) is 5.75 Å².